The quantitative estimate of drug-likeness (QED) is 0.868. The molecule has 0 radical (unpaired) electrons. The highest BCUT2D eigenvalue weighted by Crippen LogP contribution is 2.18. The van der Waals surface area contributed by atoms with Gasteiger partial charge in [-0.1, -0.05) is 30.3 Å². The van der Waals surface area contributed by atoms with Crippen molar-refractivity contribution in [3.05, 3.63) is 66.0 Å². The van der Waals surface area contributed by atoms with Crippen LogP contribution in [-0.4, -0.2) is 52.4 Å². The maximum Gasteiger partial charge on any atom is 0.254 e. The third kappa shape index (κ3) is 3.82. The third-order valence-electron chi connectivity index (χ3n) is 4.82. The topological polar surface area (TPSA) is 36.4 Å². The van der Waals surface area contributed by atoms with Crippen LogP contribution in [0.2, 0.25) is 0 Å². The SMILES string of the molecule is CC1CN(C(=O)c2ccncc2)CC(C)N1CCc1ccccc1. The molecule has 2 unspecified atom stereocenters. The number of pyridine rings is 1. The standard InChI is InChI=1S/C20H25N3O/c1-16-14-22(20(24)19-8-11-21-12-9-19)15-17(2)23(16)13-10-18-6-4-3-5-7-18/h3-9,11-12,16-17H,10,13-15H2,1-2H3. The summed E-state index contributed by atoms with van der Waals surface area (Å²) < 4.78 is 0. The predicted octanol–water partition coefficient (Wildman–Crippen LogP) is 2.86. The van der Waals surface area contributed by atoms with Crippen molar-refractivity contribution in [3.8, 4) is 0 Å². The summed E-state index contributed by atoms with van der Waals surface area (Å²) in [7, 11) is 0. The lowest BCUT2D eigenvalue weighted by molar-refractivity contribution is 0.0311. The monoisotopic (exact) mass is 323 g/mol. The Bertz CT molecular complexity index is 647. The molecule has 0 N–H and O–H groups in total. The van der Waals surface area contributed by atoms with Gasteiger partial charge in [-0.2, -0.15) is 0 Å². The van der Waals surface area contributed by atoms with Gasteiger partial charge in [-0.3, -0.25) is 14.7 Å². The van der Waals surface area contributed by atoms with Gasteiger partial charge in [-0.15, -0.1) is 0 Å². The van der Waals surface area contributed by atoms with Crippen molar-refractivity contribution >= 4 is 5.91 Å². The van der Waals surface area contributed by atoms with Crippen LogP contribution in [0.5, 0.6) is 0 Å². The number of carbonyl (C=O) groups is 1. The van der Waals surface area contributed by atoms with Crippen LogP contribution >= 0.6 is 0 Å². The van der Waals surface area contributed by atoms with Crippen molar-refractivity contribution in [3.63, 3.8) is 0 Å². The molecule has 4 heteroatoms. The van der Waals surface area contributed by atoms with E-state index in [4.69, 9.17) is 0 Å². The summed E-state index contributed by atoms with van der Waals surface area (Å²) in [4.78, 5) is 21.1. The van der Waals surface area contributed by atoms with E-state index in [0.29, 0.717) is 12.1 Å². The lowest BCUT2D eigenvalue weighted by atomic mass is 10.0. The minimum absolute atomic E-state index is 0.110. The van der Waals surface area contributed by atoms with Gasteiger partial charge in [-0.25, -0.2) is 0 Å². The summed E-state index contributed by atoms with van der Waals surface area (Å²) in [6, 6.07) is 14.9. The summed E-state index contributed by atoms with van der Waals surface area (Å²) in [6.45, 7) is 7.02. The van der Waals surface area contributed by atoms with Crippen LogP contribution in [0.25, 0.3) is 0 Å². The Hall–Kier alpha value is -2.20. The van der Waals surface area contributed by atoms with E-state index in [2.05, 4.69) is 54.1 Å². The summed E-state index contributed by atoms with van der Waals surface area (Å²) in [5, 5.41) is 0. The van der Waals surface area contributed by atoms with Crippen LogP contribution in [0.15, 0.2) is 54.9 Å². The van der Waals surface area contributed by atoms with E-state index in [9.17, 15) is 4.79 Å². The molecule has 1 aromatic carbocycles. The smallest absolute Gasteiger partial charge is 0.254 e. The zero-order valence-corrected chi connectivity index (χ0v) is 14.4. The maximum atomic E-state index is 12.7. The van der Waals surface area contributed by atoms with Crippen molar-refractivity contribution in [2.45, 2.75) is 32.4 Å². The molecule has 0 bridgehead atoms. The van der Waals surface area contributed by atoms with Gasteiger partial charge < -0.3 is 4.90 Å². The van der Waals surface area contributed by atoms with E-state index in [-0.39, 0.29) is 5.91 Å². The molecule has 1 amide bonds. The van der Waals surface area contributed by atoms with Gasteiger partial charge >= 0.3 is 0 Å². The number of piperazine rings is 1. The Morgan fingerprint density at radius 2 is 1.67 bits per heavy atom. The molecule has 2 aromatic rings. The molecule has 1 fully saturated rings. The fraction of sp³-hybridized carbons (Fsp3) is 0.400. The average molecular weight is 323 g/mol. The van der Waals surface area contributed by atoms with Gasteiger partial charge in [0.2, 0.25) is 0 Å². The Morgan fingerprint density at radius 3 is 2.29 bits per heavy atom. The van der Waals surface area contributed by atoms with Crippen molar-refractivity contribution in [1.29, 1.82) is 0 Å². The molecule has 24 heavy (non-hydrogen) atoms. The molecule has 3 rings (SSSR count). The second-order valence-electron chi connectivity index (χ2n) is 6.62. The Balaban J connectivity index is 1.61. The predicted molar refractivity (Wildman–Crippen MR) is 95.9 cm³/mol. The fourth-order valence-corrected chi connectivity index (χ4v) is 3.54. The maximum absolute atomic E-state index is 12.7. The zero-order valence-electron chi connectivity index (χ0n) is 14.4. The van der Waals surface area contributed by atoms with Crippen LogP contribution in [-0.2, 0) is 6.42 Å². The van der Waals surface area contributed by atoms with E-state index in [0.717, 1.165) is 31.6 Å². The van der Waals surface area contributed by atoms with Crippen molar-refractivity contribution in [2.24, 2.45) is 0 Å². The second kappa shape index (κ2) is 7.58. The molecular weight excluding hydrogens is 298 g/mol. The lowest BCUT2D eigenvalue weighted by Gasteiger charge is -2.44. The Morgan fingerprint density at radius 1 is 1.04 bits per heavy atom. The van der Waals surface area contributed by atoms with Crippen LogP contribution in [0.1, 0.15) is 29.8 Å². The molecule has 2 atom stereocenters. The molecule has 1 aliphatic rings. The normalized spacial score (nSPS) is 21.7. The molecule has 0 aliphatic carbocycles. The van der Waals surface area contributed by atoms with Gasteiger partial charge in [0.05, 0.1) is 0 Å². The van der Waals surface area contributed by atoms with Crippen molar-refractivity contribution in [1.82, 2.24) is 14.8 Å². The molecule has 1 aliphatic heterocycles. The molecule has 1 aromatic heterocycles. The van der Waals surface area contributed by atoms with Crippen LogP contribution in [0, 0.1) is 0 Å². The highest BCUT2D eigenvalue weighted by molar-refractivity contribution is 5.94. The largest absolute Gasteiger partial charge is 0.336 e. The van der Waals surface area contributed by atoms with E-state index in [1.807, 2.05) is 4.90 Å². The third-order valence-corrected chi connectivity index (χ3v) is 4.82. The summed E-state index contributed by atoms with van der Waals surface area (Å²) in [5.41, 5.74) is 2.09. The first-order valence-electron chi connectivity index (χ1n) is 8.64. The van der Waals surface area contributed by atoms with Gasteiger partial charge in [0.25, 0.3) is 5.91 Å². The summed E-state index contributed by atoms with van der Waals surface area (Å²) in [5.74, 6) is 0.110. The van der Waals surface area contributed by atoms with Crippen LogP contribution < -0.4 is 0 Å². The van der Waals surface area contributed by atoms with Gasteiger partial charge in [0.1, 0.15) is 0 Å². The molecule has 4 nitrogen and oxygen atoms in total. The molecule has 2 heterocycles. The average Bonchev–Trinajstić information content (AvgIpc) is 2.62. The highest BCUT2D eigenvalue weighted by atomic mass is 16.2. The first-order valence-corrected chi connectivity index (χ1v) is 8.64. The Labute approximate surface area is 144 Å². The summed E-state index contributed by atoms with van der Waals surface area (Å²) >= 11 is 0. The number of hydrogen-bond donors (Lipinski definition) is 0. The fourth-order valence-electron chi connectivity index (χ4n) is 3.54. The zero-order chi connectivity index (χ0) is 16.9. The number of carbonyl (C=O) groups excluding carboxylic acids is 1. The number of benzene rings is 1. The first kappa shape index (κ1) is 16.7. The van der Waals surface area contributed by atoms with E-state index in [1.165, 1.54) is 5.56 Å². The van der Waals surface area contributed by atoms with Gasteiger partial charge in [0, 0.05) is 49.7 Å². The number of hydrogen-bond acceptors (Lipinski definition) is 3. The van der Waals surface area contributed by atoms with Crippen molar-refractivity contribution in [2.75, 3.05) is 19.6 Å². The minimum Gasteiger partial charge on any atom is -0.336 e. The number of aromatic nitrogens is 1. The van der Waals surface area contributed by atoms with E-state index < -0.39 is 0 Å². The highest BCUT2D eigenvalue weighted by Gasteiger charge is 2.31. The van der Waals surface area contributed by atoms with Gasteiger partial charge in [-0.05, 0) is 38.0 Å². The summed E-state index contributed by atoms with van der Waals surface area (Å²) in [6.07, 6.45) is 4.40. The number of amides is 1. The molecule has 1 saturated heterocycles. The molecule has 126 valence electrons. The number of rotatable bonds is 4. The van der Waals surface area contributed by atoms with Crippen molar-refractivity contribution < 1.29 is 4.79 Å². The number of nitrogens with zero attached hydrogens (tertiary/aromatic N) is 3. The van der Waals surface area contributed by atoms with Crippen LogP contribution in [0.4, 0.5) is 0 Å². The van der Waals surface area contributed by atoms with E-state index in [1.54, 1.807) is 24.5 Å². The minimum atomic E-state index is 0.110. The molecular formula is C20H25N3O. The molecule has 0 spiro atoms. The second-order valence-corrected chi connectivity index (χ2v) is 6.62. The lowest BCUT2D eigenvalue weighted by Crippen LogP contribution is -2.58. The Kier molecular flexibility index (Phi) is 5.26. The van der Waals surface area contributed by atoms with E-state index >= 15 is 0 Å². The first-order chi connectivity index (χ1) is 11.6. The van der Waals surface area contributed by atoms with Crippen LogP contribution in [0.3, 0.4) is 0 Å². The van der Waals surface area contributed by atoms with Gasteiger partial charge in [0.15, 0.2) is 0 Å². The molecule has 0 saturated carbocycles.